The molecule has 1 saturated carbocycles. The number of ether oxygens (including phenoxy) is 2. The van der Waals surface area contributed by atoms with E-state index in [0.29, 0.717) is 17.2 Å². The number of fused-ring (bicyclic) bond motifs is 2. The summed E-state index contributed by atoms with van der Waals surface area (Å²) in [5.41, 5.74) is 0.530. The third-order valence-electron chi connectivity index (χ3n) is 4.67. The van der Waals surface area contributed by atoms with Crippen molar-refractivity contribution in [3.05, 3.63) is 30.4 Å². The Bertz CT molecular complexity index is 647. The van der Waals surface area contributed by atoms with Crippen molar-refractivity contribution in [1.82, 2.24) is 0 Å². The predicted octanol–water partition coefficient (Wildman–Crippen LogP) is 2.17. The van der Waals surface area contributed by atoms with Crippen LogP contribution in [-0.4, -0.2) is 31.2 Å². The van der Waals surface area contributed by atoms with Gasteiger partial charge in [-0.1, -0.05) is 12.2 Å². The number of nitrogens with one attached hydrogen (secondary N) is 1. The highest BCUT2D eigenvalue weighted by Crippen LogP contribution is 2.48. The number of methoxy groups -OCH3 is 2. The van der Waals surface area contributed by atoms with Crippen molar-refractivity contribution in [1.29, 1.82) is 0 Å². The average molecular weight is 317 g/mol. The third kappa shape index (κ3) is 2.76. The van der Waals surface area contributed by atoms with E-state index in [0.717, 1.165) is 6.42 Å². The zero-order valence-corrected chi connectivity index (χ0v) is 13.0. The second-order valence-corrected chi connectivity index (χ2v) is 5.93. The van der Waals surface area contributed by atoms with E-state index in [1.54, 1.807) is 18.2 Å². The molecule has 0 radical (unpaired) electrons. The summed E-state index contributed by atoms with van der Waals surface area (Å²) >= 11 is 0. The van der Waals surface area contributed by atoms with Gasteiger partial charge in [0.1, 0.15) is 11.5 Å². The van der Waals surface area contributed by atoms with Gasteiger partial charge < -0.3 is 19.9 Å². The molecule has 2 N–H and O–H groups in total. The van der Waals surface area contributed by atoms with E-state index < -0.39 is 17.8 Å². The van der Waals surface area contributed by atoms with E-state index >= 15 is 0 Å². The minimum absolute atomic E-state index is 0.00592. The Labute approximate surface area is 134 Å². The Morgan fingerprint density at radius 2 is 1.61 bits per heavy atom. The fourth-order valence-electron chi connectivity index (χ4n) is 3.62. The Morgan fingerprint density at radius 1 is 1.04 bits per heavy atom. The summed E-state index contributed by atoms with van der Waals surface area (Å²) in [5, 5.41) is 12.2. The number of carboxylic acids is 1. The number of aliphatic carboxylic acids is 1. The number of carbonyl (C=O) groups excluding carboxylic acids is 1. The summed E-state index contributed by atoms with van der Waals surface area (Å²) < 4.78 is 10.4. The van der Waals surface area contributed by atoms with Crippen molar-refractivity contribution in [3.63, 3.8) is 0 Å². The van der Waals surface area contributed by atoms with Crippen molar-refractivity contribution < 1.29 is 24.2 Å². The molecule has 4 atom stereocenters. The van der Waals surface area contributed by atoms with Crippen LogP contribution >= 0.6 is 0 Å². The van der Waals surface area contributed by atoms with E-state index in [1.807, 2.05) is 12.2 Å². The van der Waals surface area contributed by atoms with Crippen LogP contribution in [0.1, 0.15) is 6.42 Å². The number of rotatable bonds is 5. The van der Waals surface area contributed by atoms with Crippen LogP contribution in [0.15, 0.2) is 30.4 Å². The van der Waals surface area contributed by atoms with Crippen molar-refractivity contribution >= 4 is 17.6 Å². The molecule has 0 heterocycles. The highest BCUT2D eigenvalue weighted by Gasteiger charge is 2.51. The lowest BCUT2D eigenvalue weighted by Gasteiger charge is -2.24. The van der Waals surface area contributed by atoms with Crippen molar-refractivity contribution in [3.8, 4) is 11.5 Å². The van der Waals surface area contributed by atoms with E-state index in [-0.39, 0.29) is 17.7 Å². The number of amides is 1. The number of carboxylic acid groups (broad SMARTS) is 1. The summed E-state index contributed by atoms with van der Waals surface area (Å²) in [6.45, 7) is 0. The molecule has 6 nitrogen and oxygen atoms in total. The van der Waals surface area contributed by atoms with E-state index in [9.17, 15) is 14.7 Å². The Kier molecular flexibility index (Phi) is 3.98. The molecule has 1 fully saturated rings. The van der Waals surface area contributed by atoms with Gasteiger partial charge in [0.05, 0.1) is 26.1 Å². The van der Waals surface area contributed by atoms with Crippen molar-refractivity contribution in [2.75, 3.05) is 19.5 Å². The lowest BCUT2D eigenvalue weighted by atomic mass is 9.82. The monoisotopic (exact) mass is 317 g/mol. The Hall–Kier alpha value is -2.50. The minimum atomic E-state index is -0.912. The van der Waals surface area contributed by atoms with Crippen molar-refractivity contribution in [2.45, 2.75) is 6.42 Å². The molecule has 0 spiro atoms. The molecular weight excluding hydrogens is 298 g/mol. The number of carbonyl (C=O) groups is 2. The zero-order chi connectivity index (χ0) is 16.6. The van der Waals surface area contributed by atoms with Crippen LogP contribution < -0.4 is 14.8 Å². The SMILES string of the molecule is COc1cc(NC(=O)[C@@H]2[C@H](C(=O)O)[C@H]3C=C[C@H]2C3)cc(OC)c1. The fraction of sp³-hybridized carbons (Fsp3) is 0.412. The largest absolute Gasteiger partial charge is 0.497 e. The van der Waals surface area contributed by atoms with Gasteiger partial charge in [-0.05, 0) is 18.3 Å². The van der Waals surface area contributed by atoms with Crippen LogP contribution in [0.3, 0.4) is 0 Å². The molecule has 3 rings (SSSR count). The average Bonchev–Trinajstić information content (AvgIpc) is 3.15. The lowest BCUT2D eigenvalue weighted by molar-refractivity contribution is -0.146. The van der Waals surface area contributed by atoms with Gasteiger partial charge in [0.25, 0.3) is 0 Å². The molecule has 1 amide bonds. The molecule has 122 valence electrons. The second kappa shape index (κ2) is 5.95. The van der Waals surface area contributed by atoms with E-state index in [2.05, 4.69) is 5.32 Å². The number of hydrogen-bond acceptors (Lipinski definition) is 4. The molecular formula is C17H19NO5. The zero-order valence-electron chi connectivity index (χ0n) is 13.0. The molecule has 23 heavy (non-hydrogen) atoms. The molecule has 2 aliphatic rings. The number of hydrogen-bond donors (Lipinski definition) is 2. The summed E-state index contributed by atoms with van der Waals surface area (Å²) in [6.07, 6.45) is 4.61. The molecule has 2 aliphatic carbocycles. The molecule has 6 heteroatoms. The van der Waals surface area contributed by atoms with Gasteiger partial charge >= 0.3 is 5.97 Å². The Balaban J connectivity index is 1.82. The van der Waals surface area contributed by atoms with Crippen LogP contribution in [0.5, 0.6) is 11.5 Å². The first-order valence-corrected chi connectivity index (χ1v) is 7.48. The lowest BCUT2D eigenvalue weighted by Crippen LogP contribution is -2.36. The summed E-state index contributed by atoms with van der Waals surface area (Å²) in [5.74, 6) is -1.32. The molecule has 1 aromatic carbocycles. The molecule has 0 saturated heterocycles. The molecule has 0 aromatic heterocycles. The van der Waals surface area contributed by atoms with Crippen LogP contribution in [-0.2, 0) is 9.59 Å². The predicted molar refractivity (Wildman–Crippen MR) is 83.5 cm³/mol. The van der Waals surface area contributed by atoms with Crippen LogP contribution in [0.2, 0.25) is 0 Å². The van der Waals surface area contributed by atoms with E-state index in [4.69, 9.17) is 9.47 Å². The molecule has 0 unspecified atom stereocenters. The minimum Gasteiger partial charge on any atom is -0.497 e. The first kappa shape index (κ1) is 15.4. The number of benzene rings is 1. The number of anilines is 1. The maximum absolute atomic E-state index is 12.6. The van der Waals surface area contributed by atoms with Gasteiger partial charge in [-0.15, -0.1) is 0 Å². The highest BCUT2D eigenvalue weighted by molar-refractivity contribution is 5.96. The summed E-state index contributed by atoms with van der Waals surface area (Å²) in [6, 6.07) is 5.06. The quantitative estimate of drug-likeness (QED) is 0.813. The second-order valence-electron chi connectivity index (χ2n) is 5.93. The molecule has 2 bridgehead atoms. The van der Waals surface area contributed by atoms with Crippen LogP contribution in [0.4, 0.5) is 5.69 Å². The number of allylic oxidation sites excluding steroid dienone is 2. The topological polar surface area (TPSA) is 84.9 Å². The van der Waals surface area contributed by atoms with Gasteiger partial charge in [-0.3, -0.25) is 9.59 Å². The van der Waals surface area contributed by atoms with Gasteiger partial charge in [0.15, 0.2) is 0 Å². The highest BCUT2D eigenvalue weighted by atomic mass is 16.5. The maximum atomic E-state index is 12.6. The van der Waals surface area contributed by atoms with Gasteiger partial charge in [0.2, 0.25) is 5.91 Å². The fourth-order valence-corrected chi connectivity index (χ4v) is 3.62. The first-order chi connectivity index (χ1) is 11.0. The maximum Gasteiger partial charge on any atom is 0.307 e. The van der Waals surface area contributed by atoms with E-state index in [1.165, 1.54) is 14.2 Å². The van der Waals surface area contributed by atoms with Crippen molar-refractivity contribution in [2.24, 2.45) is 23.7 Å². The van der Waals surface area contributed by atoms with Crippen LogP contribution in [0, 0.1) is 23.7 Å². The normalized spacial score (nSPS) is 27.7. The molecule has 0 aliphatic heterocycles. The van der Waals surface area contributed by atoms with Gasteiger partial charge in [-0.2, -0.15) is 0 Å². The summed E-state index contributed by atoms with van der Waals surface area (Å²) in [7, 11) is 3.06. The first-order valence-electron chi connectivity index (χ1n) is 7.48. The smallest absolute Gasteiger partial charge is 0.307 e. The Morgan fingerprint density at radius 3 is 2.13 bits per heavy atom. The van der Waals surface area contributed by atoms with Gasteiger partial charge in [-0.25, -0.2) is 0 Å². The third-order valence-corrected chi connectivity index (χ3v) is 4.67. The van der Waals surface area contributed by atoms with Crippen LogP contribution in [0.25, 0.3) is 0 Å². The molecule has 1 aromatic rings. The summed E-state index contributed by atoms with van der Waals surface area (Å²) in [4.78, 5) is 24.1. The standard InChI is InChI=1S/C17H19NO5/c1-22-12-6-11(7-13(8-12)23-2)18-16(19)14-9-3-4-10(5-9)15(14)17(20)21/h3-4,6-10,14-15H,5H2,1-2H3,(H,18,19)(H,20,21)/t9-,10-,14-,15+/m0/s1. The van der Waals surface area contributed by atoms with Gasteiger partial charge in [0, 0.05) is 23.9 Å².